The summed E-state index contributed by atoms with van der Waals surface area (Å²) in [5, 5.41) is 0. The van der Waals surface area contributed by atoms with Crippen molar-refractivity contribution in [2.24, 2.45) is 0 Å². The molecular formula is C22H19BF2O2. The van der Waals surface area contributed by atoms with E-state index < -0.39 is 7.47 Å². The van der Waals surface area contributed by atoms with Gasteiger partial charge in [0.25, 0.3) is 0 Å². The first-order chi connectivity index (χ1) is 13.0. The topological polar surface area (TPSA) is 26.3 Å². The van der Waals surface area contributed by atoms with E-state index in [1.807, 2.05) is 72.8 Å². The third-order valence-corrected chi connectivity index (χ3v) is 4.46. The SMILES string of the molecule is CC(=O)C1=C(OB(F)F)C=C(/C=C\c2ccccc2)C[C@H]1c1ccccc1. The summed E-state index contributed by atoms with van der Waals surface area (Å²) in [5.41, 5.74) is 3.02. The number of rotatable bonds is 6. The van der Waals surface area contributed by atoms with Crippen molar-refractivity contribution in [2.45, 2.75) is 19.3 Å². The van der Waals surface area contributed by atoms with Gasteiger partial charge in [-0.3, -0.25) is 4.79 Å². The summed E-state index contributed by atoms with van der Waals surface area (Å²) in [7, 11) is -2.99. The molecule has 0 spiro atoms. The zero-order valence-corrected chi connectivity index (χ0v) is 14.9. The van der Waals surface area contributed by atoms with E-state index in [1.165, 1.54) is 6.92 Å². The van der Waals surface area contributed by atoms with Crippen LogP contribution in [0.4, 0.5) is 8.63 Å². The molecule has 0 amide bonds. The van der Waals surface area contributed by atoms with Gasteiger partial charge in [0, 0.05) is 11.5 Å². The van der Waals surface area contributed by atoms with Crippen LogP contribution in [0.3, 0.4) is 0 Å². The molecule has 27 heavy (non-hydrogen) atoms. The first-order valence-electron chi connectivity index (χ1n) is 8.73. The quantitative estimate of drug-likeness (QED) is 0.624. The molecule has 0 bridgehead atoms. The number of hydrogen-bond acceptors (Lipinski definition) is 2. The van der Waals surface area contributed by atoms with E-state index in [0.29, 0.717) is 12.0 Å². The summed E-state index contributed by atoms with van der Waals surface area (Å²) in [5.74, 6) is -0.634. The minimum Gasteiger partial charge on any atom is -0.505 e. The van der Waals surface area contributed by atoms with Crippen LogP contribution in [0.2, 0.25) is 0 Å². The molecule has 0 saturated heterocycles. The second kappa shape index (κ2) is 8.63. The highest BCUT2D eigenvalue weighted by Crippen LogP contribution is 2.39. The third kappa shape index (κ3) is 4.82. The number of hydrogen-bond donors (Lipinski definition) is 0. The van der Waals surface area contributed by atoms with Gasteiger partial charge in [0.05, 0.1) is 0 Å². The van der Waals surface area contributed by atoms with E-state index in [-0.39, 0.29) is 17.5 Å². The highest BCUT2D eigenvalue weighted by Gasteiger charge is 2.31. The zero-order valence-electron chi connectivity index (χ0n) is 14.9. The first kappa shape index (κ1) is 18.8. The predicted molar refractivity (Wildman–Crippen MR) is 104 cm³/mol. The van der Waals surface area contributed by atoms with Crippen molar-refractivity contribution in [1.29, 1.82) is 0 Å². The van der Waals surface area contributed by atoms with Gasteiger partial charge in [-0.1, -0.05) is 72.8 Å². The van der Waals surface area contributed by atoms with Gasteiger partial charge in [0.1, 0.15) is 5.76 Å². The Balaban J connectivity index is 2.02. The molecule has 1 aliphatic rings. The standard InChI is InChI=1S/C22H19BF2O2/c1-16(26)22-20(19-10-6-3-7-11-19)14-18(15-21(22)27-23(24)25)13-12-17-8-4-2-5-9-17/h2-13,15,20H,14H2,1H3/b13-12-/t20-/m0/s1. The number of benzene rings is 2. The van der Waals surface area contributed by atoms with Gasteiger partial charge in [-0.25, -0.2) is 8.63 Å². The molecule has 5 heteroatoms. The van der Waals surface area contributed by atoms with Crippen LogP contribution < -0.4 is 0 Å². The lowest BCUT2D eigenvalue weighted by Crippen LogP contribution is -2.19. The van der Waals surface area contributed by atoms with Crippen molar-refractivity contribution < 1.29 is 18.1 Å². The molecule has 0 fully saturated rings. The maximum Gasteiger partial charge on any atom is 0.796 e. The fourth-order valence-corrected chi connectivity index (χ4v) is 3.28. The lowest BCUT2D eigenvalue weighted by molar-refractivity contribution is -0.114. The Morgan fingerprint density at radius 2 is 1.67 bits per heavy atom. The molecule has 0 unspecified atom stereocenters. The summed E-state index contributed by atoms with van der Waals surface area (Å²) in [6.07, 6.45) is 5.89. The normalized spacial score (nSPS) is 17.0. The van der Waals surface area contributed by atoms with Crippen molar-refractivity contribution in [3.05, 3.63) is 101 Å². The summed E-state index contributed by atoms with van der Waals surface area (Å²) in [6, 6.07) is 19.1. The molecule has 2 aromatic carbocycles. The average molecular weight is 364 g/mol. The molecule has 0 aliphatic heterocycles. The van der Waals surface area contributed by atoms with E-state index in [1.54, 1.807) is 6.08 Å². The molecular weight excluding hydrogens is 345 g/mol. The fourth-order valence-electron chi connectivity index (χ4n) is 3.28. The van der Waals surface area contributed by atoms with Crippen molar-refractivity contribution in [3.63, 3.8) is 0 Å². The smallest absolute Gasteiger partial charge is 0.505 e. The van der Waals surface area contributed by atoms with E-state index in [9.17, 15) is 13.4 Å². The van der Waals surface area contributed by atoms with Gasteiger partial charge >= 0.3 is 7.47 Å². The van der Waals surface area contributed by atoms with Gasteiger partial charge in [0.2, 0.25) is 0 Å². The Bertz CT molecular complexity index is 887. The van der Waals surface area contributed by atoms with Crippen LogP contribution in [-0.4, -0.2) is 13.3 Å². The second-order valence-corrected chi connectivity index (χ2v) is 6.34. The third-order valence-electron chi connectivity index (χ3n) is 4.46. The Morgan fingerprint density at radius 1 is 1.04 bits per heavy atom. The molecule has 0 saturated carbocycles. The van der Waals surface area contributed by atoms with E-state index >= 15 is 0 Å². The van der Waals surface area contributed by atoms with Gasteiger partial charge in [-0.15, -0.1) is 0 Å². The number of halogens is 2. The van der Waals surface area contributed by atoms with Crippen LogP contribution in [0, 0.1) is 0 Å². The Morgan fingerprint density at radius 3 is 2.26 bits per heavy atom. The van der Waals surface area contributed by atoms with E-state index in [2.05, 4.69) is 0 Å². The maximum absolute atomic E-state index is 12.9. The summed E-state index contributed by atoms with van der Waals surface area (Å²) < 4.78 is 30.6. The first-order valence-corrected chi connectivity index (χ1v) is 8.73. The summed E-state index contributed by atoms with van der Waals surface area (Å²) in [6.45, 7) is 1.39. The lowest BCUT2D eigenvalue weighted by Gasteiger charge is -2.26. The summed E-state index contributed by atoms with van der Waals surface area (Å²) in [4.78, 5) is 12.2. The molecule has 2 nitrogen and oxygen atoms in total. The number of carbonyl (C=O) groups excluding carboxylic acids is 1. The lowest BCUT2D eigenvalue weighted by atomic mass is 9.79. The van der Waals surface area contributed by atoms with Gasteiger partial charge in [-0.2, -0.15) is 0 Å². The second-order valence-electron chi connectivity index (χ2n) is 6.34. The molecule has 0 heterocycles. The molecule has 0 radical (unpaired) electrons. The number of allylic oxidation sites excluding steroid dienone is 4. The fraction of sp³-hybridized carbons (Fsp3) is 0.136. The molecule has 3 rings (SSSR count). The van der Waals surface area contributed by atoms with Crippen LogP contribution in [0.1, 0.15) is 30.4 Å². The molecule has 136 valence electrons. The highest BCUT2D eigenvalue weighted by molar-refractivity contribution is 6.35. The highest BCUT2D eigenvalue weighted by atomic mass is 19.2. The molecule has 0 N–H and O–H groups in total. The largest absolute Gasteiger partial charge is 0.796 e. The van der Waals surface area contributed by atoms with Crippen molar-refractivity contribution >= 4 is 19.3 Å². The molecule has 1 atom stereocenters. The zero-order chi connectivity index (χ0) is 19.2. The minimum absolute atomic E-state index is 0.0506. The van der Waals surface area contributed by atoms with Crippen molar-refractivity contribution in [3.8, 4) is 0 Å². The average Bonchev–Trinajstić information content (AvgIpc) is 2.66. The van der Waals surface area contributed by atoms with Gasteiger partial charge in [0.15, 0.2) is 5.78 Å². The number of carbonyl (C=O) groups is 1. The number of Topliss-reactive ketones (excluding diaryl/α,β-unsaturated/α-hetero) is 1. The van der Waals surface area contributed by atoms with Gasteiger partial charge in [-0.05, 0) is 36.1 Å². The van der Waals surface area contributed by atoms with Crippen LogP contribution in [-0.2, 0) is 9.45 Å². The maximum atomic E-state index is 12.9. The van der Waals surface area contributed by atoms with Crippen molar-refractivity contribution in [2.75, 3.05) is 0 Å². The Hall–Kier alpha value is -2.95. The van der Waals surface area contributed by atoms with Crippen LogP contribution in [0.15, 0.2) is 89.7 Å². The Kier molecular flexibility index (Phi) is 6.02. The van der Waals surface area contributed by atoms with Crippen LogP contribution in [0.5, 0.6) is 0 Å². The minimum atomic E-state index is -2.99. The monoisotopic (exact) mass is 364 g/mol. The predicted octanol–water partition coefficient (Wildman–Crippen LogP) is 5.60. The Labute approximate surface area is 158 Å². The number of ketones is 1. The van der Waals surface area contributed by atoms with Gasteiger partial charge < -0.3 is 4.65 Å². The van der Waals surface area contributed by atoms with Crippen LogP contribution >= 0.6 is 0 Å². The molecule has 2 aromatic rings. The molecule has 0 aromatic heterocycles. The summed E-state index contributed by atoms with van der Waals surface area (Å²) >= 11 is 0. The van der Waals surface area contributed by atoms with Crippen molar-refractivity contribution in [1.82, 2.24) is 0 Å². The van der Waals surface area contributed by atoms with E-state index in [0.717, 1.165) is 16.7 Å². The molecule has 1 aliphatic carbocycles. The van der Waals surface area contributed by atoms with E-state index in [4.69, 9.17) is 4.65 Å². The van der Waals surface area contributed by atoms with Crippen LogP contribution in [0.25, 0.3) is 6.08 Å².